The molecule has 1 aliphatic rings. The van der Waals surface area contributed by atoms with Gasteiger partial charge in [0.25, 0.3) is 0 Å². The summed E-state index contributed by atoms with van der Waals surface area (Å²) < 4.78 is 0. The third-order valence-corrected chi connectivity index (χ3v) is 4.74. The van der Waals surface area contributed by atoms with Crippen molar-refractivity contribution in [2.45, 2.75) is 0 Å². The molecule has 1 aromatic rings. The normalized spacial score (nSPS) is 17.6. The van der Waals surface area contributed by atoms with Crippen LogP contribution in [-0.2, 0) is 19.2 Å². The molecule has 136 valence electrons. The SMILES string of the molecule is O=C(O)C1(C(=O)O)C=C(Cl)C(c2ccccc2Cl)=CC1(C(=O)O)C(=O)O. The van der Waals surface area contributed by atoms with Crippen LogP contribution in [0.4, 0.5) is 0 Å². The van der Waals surface area contributed by atoms with Crippen molar-refractivity contribution in [1.82, 2.24) is 0 Å². The molecule has 0 fully saturated rings. The van der Waals surface area contributed by atoms with Crippen LogP contribution in [0, 0.1) is 10.8 Å². The lowest BCUT2D eigenvalue weighted by atomic mass is 9.59. The minimum atomic E-state index is -3.37. The van der Waals surface area contributed by atoms with Gasteiger partial charge in [-0.2, -0.15) is 0 Å². The van der Waals surface area contributed by atoms with Crippen molar-refractivity contribution >= 4 is 52.7 Å². The summed E-state index contributed by atoms with van der Waals surface area (Å²) >= 11 is 12.0. The smallest absolute Gasteiger partial charge is 0.327 e. The Hall–Kier alpha value is -2.84. The van der Waals surface area contributed by atoms with E-state index in [0.717, 1.165) is 0 Å². The third-order valence-electron chi connectivity index (χ3n) is 4.10. The zero-order valence-corrected chi connectivity index (χ0v) is 14.2. The molecule has 1 aromatic carbocycles. The van der Waals surface area contributed by atoms with E-state index in [0.29, 0.717) is 12.2 Å². The Balaban J connectivity index is 2.98. The van der Waals surface area contributed by atoms with E-state index in [1.165, 1.54) is 18.2 Å². The van der Waals surface area contributed by atoms with E-state index in [1.807, 2.05) is 0 Å². The first kappa shape index (κ1) is 19.5. The van der Waals surface area contributed by atoms with Gasteiger partial charge in [-0.3, -0.25) is 19.2 Å². The monoisotopic (exact) mass is 400 g/mol. The van der Waals surface area contributed by atoms with Crippen molar-refractivity contribution in [1.29, 1.82) is 0 Å². The Labute approximate surface area is 155 Å². The number of allylic oxidation sites excluding steroid dienone is 2. The van der Waals surface area contributed by atoms with Gasteiger partial charge in [0.2, 0.25) is 10.8 Å². The Morgan fingerprint density at radius 1 is 0.731 bits per heavy atom. The Morgan fingerprint density at radius 2 is 1.15 bits per heavy atom. The third kappa shape index (κ3) is 2.46. The highest BCUT2D eigenvalue weighted by Crippen LogP contribution is 2.52. The Bertz CT molecular complexity index is 871. The molecular formula is C16H10Cl2O8. The molecule has 0 spiro atoms. The van der Waals surface area contributed by atoms with Crippen LogP contribution in [-0.4, -0.2) is 44.3 Å². The Kier molecular flexibility index (Phi) is 4.85. The molecule has 4 N–H and O–H groups in total. The highest BCUT2D eigenvalue weighted by molar-refractivity contribution is 6.40. The molecule has 26 heavy (non-hydrogen) atoms. The topological polar surface area (TPSA) is 149 Å². The van der Waals surface area contributed by atoms with Crippen LogP contribution in [0.15, 0.2) is 41.4 Å². The fourth-order valence-corrected chi connectivity index (χ4v) is 3.33. The summed E-state index contributed by atoms with van der Waals surface area (Å²) in [5, 5.41) is 37.6. The van der Waals surface area contributed by atoms with Crippen LogP contribution in [0.2, 0.25) is 5.02 Å². The van der Waals surface area contributed by atoms with Crippen molar-refractivity contribution in [3.05, 3.63) is 52.0 Å². The minimum Gasteiger partial charge on any atom is -0.480 e. The van der Waals surface area contributed by atoms with E-state index in [1.54, 1.807) is 6.07 Å². The van der Waals surface area contributed by atoms with Gasteiger partial charge in [-0.15, -0.1) is 0 Å². The van der Waals surface area contributed by atoms with Gasteiger partial charge >= 0.3 is 23.9 Å². The van der Waals surface area contributed by atoms with Gasteiger partial charge in [0, 0.05) is 15.6 Å². The maximum atomic E-state index is 11.9. The number of carbonyl (C=O) groups is 4. The molecule has 0 atom stereocenters. The molecule has 0 aromatic heterocycles. The molecule has 10 heteroatoms. The maximum absolute atomic E-state index is 11.9. The van der Waals surface area contributed by atoms with Gasteiger partial charge in [-0.05, 0) is 23.8 Å². The van der Waals surface area contributed by atoms with E-state index in [4.69, 9.17) is 23.2 Å². The van der Waals surface area contributed by atoms with Gasteiger partial charge in [-0.1, -0.05) is 41.4 Å². The summed E-state index contributed by atoms with van der Waals surface area (Å²) in [7, 11) is 0. The molecule has 2 rings (SSSR count). The molecule has 0 unspecified atom stereocenters. The standard InChI is InChI=1S/C16H10Cl2O8/c17-9-4-2-1-3-7(9)8-5-15(11(19)20,12(21)22)16(13(23)24,14(25)26)6-10(8)18/h1-6H,(H,19,20)(H,21,22)(H,23,24)(H,25,26). The number of benzene rings is 1. The summed E-state index contributed by atoms with van der Waals surface area (Å²) in [6, 6.07) is 5.87. The molecule has 0 aliphatic heterocycles. The number of hydrogen-bond acceptors (Lipinski definition) is 4. The molecule has 1 aliphatic carbocycles. The molecule has 0 radical (unpaired) electrons. The summed E-state index contributed by atoms with van der Waals surface area (Å²) in [5.74, 6) is -8.75. The van der Waals surface area contributed by atoms with Crippen molar-refractivity contribution in [2.75, 3.05) is 0 Å². The van der Waals surface area contributed by atoms with Gasteiger partial charge < -0.3 is 20.4 Å². The average molecular weight is 401 g/mol. The van der Waals surface area contributed by atoms with Crippen LogP contribution in [0.25, 0.3) is 5.57 Å². The molecule has 0 saturated carbocycles. The number of carboxylic acid groups (broad SMARTS) is 4. The lowest BCUT2D eigenvalue weighted by Crippen LogP contribution is -2.60. The fourth-order valence-electron chi connectivity index (χ4n) is 2.77. The van der Waals surface area contributed by atoms with Crippen LogP contribution in [0.1, 0.15) is 5.56 Å². The van der Waals surface area contributed by atoms with Gasteiger partial charge in [0.1, 0.15) is 0 Å². The van der Waals surface area contributed by atoms with Crippen LogP contribution < -0.4 is 0 Å². The first-order valence-corrected chi connectivity index (χ1v) is 7.58. The first-order valence-electron chi connectivity index (χ1n) is 6.82. The molecule has 0 saturated heterocycles. The highest BCUT2D eigenvalue weighted by atomic mass is 35.5. The second-order valence-electron chi connectivity index (χ2n) is 5.37. The summed E-state index contributed by atoms with van der Waals surface area (Å²) in [4.78, 5) is 47.2. The van der Waals surface area contributed by atoms with E-state index in [9.17, 15) is 39.6 Å². The predicted octanol–water partition coefficient (Wildman–Crippen LogP) is 2.17. The molecule has 8 nitrogen and oxygen atoms in total. The lowest BCUT2D eigenvalue weighted by molar-refractivity contribution is -0.185. The molecule has 0 bridgehead atoms. The number of aliphatic carboxylic acids is 4. The maximum Gasteiger partial charge on any atom is 0.327 e. The van der Waals surface area contributed by atoms with Crippen molar-refractivity contribution in [3.8, 4) is 0 Å². The number of rotatable bonds is 5. The van der Waals surface area contributed by atoms with Gasteiger partial charge in [-0.25, -0.2) is 0 Å². The lowest BCUT2D eigenvalue weighted by Gasteiger charge is -2.38. The summed E-state index contributed by atoms with van der Waals surface area (Å²) in [6.45, 7) is 0. The molecule has 0 amide bonds. The second-order valence-corrected chi connectivity index (χ2v) is 6.18. The van der Waals surface area contributed by atoms with Crippen molar-refractivity contribution < 1.29 is 39.6 Å². The second kappa shape index (κ2) is 6.47. The zero-order chi connectivity index (χ0) is 19.9. The summed E-state index contributed by atoms with van der Waals surface area (Å²) in [5.41, 5.74) is -6.82. The first-order chi connectivity index (χ1) is 12.0. The van der Waals surface area contributed by atoms with E-state index in [2.05, 4.69) is 0 Å². The van der Waals surface area contributed by atoms with E-state index in [-0.39, 0.29) is 16.2 Å². The molecule has 0 heterocycles. The van der Waals surface area contributed by atoms with Crippen LogP contribution in [0.3, 0.4) is 0 Å². The number of carboxylic acids is 4. The van der Waals surface area contributed by atoms with Gasteiger partial charge in [0.15, 0.2) is 0 Å². The van der Waals surface area contributed by atoms with Crippen LogP contribution in [0.5, 0.6) is 0 Å². The number of hydrogen-bond donors (Lipinski definition) is 4. The molecular weight excluding hydrogens is 391 g/mol. The van der Waals surface area contributed by atoms with Crippen molar-refractivity contribution in [3.63, 3.8) is 0 Å². The zero-order valence-electron chi connectivity index (χ0n) is 12.6. The Morgan fingerprint density at radius 3 is 1.58 bits per heavy atom. The van der Waals surface area contributed by atoms with Crippen molar-refractivity contribution in [2.24, 2.45) is 10.8 Å². The van der Waals surface area contributed by atoms with Crippen LogP contribution >= 0.6 is 23.2 Å². The highest BCUT2D eigenvalue weighted by Gasteiger charge is 2.71. The summed E-state index contributed by atoms with van der Waals surface area (Å²) in [6.07, 6.45) is 0.906. The quantitative estimate of drug-likeness (QED) is 0.549. The minimum absolute atomic E-state index is 0.0770. The van der Waals surface area contributed by atoms with E-state index < -0.39 is 39.7 Å². The largest absolute Gasteiger partial charge is 0.480 e. The van der Waals surface area contributed by atoms with Gasteiger partial charge in [0.05, 0.1) is 0 Å². The number of halogens is 2. The predicted molar refractivity (Wildman–Crippen MR) is 88.8 cm³/mol. The fraction of sp³-hybridized carbons (Fsp3) is 0.125. The van der Waals surface area contributed by atoms with E-state index >= 15 is 0 Å². The average Bonchev–Trinajstić information content (AvgIpc) is 2.54.